The van der Waals surface area contributed by atoms with Gasteiger partial charge in [-0.05, 0) is 29.8 Å². The van der Waals surface area contributed by atoms with Gasteiger partial charge in [0, 0.05) is 42.9 Å². The maximum absolute atomic E-state index is 12.6. The molecule has 0 saturated carbocycles. The molecule has 1 amide bonds. The molecule has 2 heterocycles. The van der Waals surface area contributed by atoms with Gasteiger partial charge < -0.3 is 9.74 Å². The van der Waals surface area contributed by atoms with Gasteiger partial charge >= 0.3 is 0 Å². The van der Waals surface area contributed by atoms with Crippen molar-refractivity contribution in [2.45, 2.75) is 24.9 Å². The summed E-state index contributed by atoms with van der Waals surface area (Å²) in [5, 5.41) is 4.96. The van der Waals surface area contributed by atoms with E-state index in [-0.39, 0.29) is 11.5 Å². The van der Waals surface area contributed by atoms with Crippen molar-refractivity contribution >= 4 is 23.2 Å². The predicted octanol–water partition coefficient (Wildman–Crippen LogP) is 4.14. The number of oxime groups is 1. The SMILES string of the molecule is O=C(c1ccc(Cl)cc1)N1CCC2(CC1)CC(c1ccccc1)=NO2. The van der Waals surface area contributed by atoms with Crippen molar-refractivity contribution in [3.05, 3.63) is 70.7 Å². The van der Waals surface area contributed by atoms with Crippen LogP contribution in [0.3, 0.4) is 0 Å². The molecule has 1 fully saturated rings. The lowest BCUT2D eigenvalue weighted by atomic mass is 9.85. The van der Waals surface area contributed by atoms with Gasteiger partial charge in [0.1, 0.15) is 5.60 Å². The fraction of sp³-hybridized carbons (Fsp3) is 0.300. The van der Waals surface area contributed by atoms with Gasteiger partial charge in [-0.2, -0.15) is 0 Å². The zero-order chi connectivity index (χ0) is 17.3. The van der Waals surface area contributed by atoms with Crippen molar-refractivity contribution < 1.29 is 9.63 Å². The Labute approximate surface area is 152 Å². The number of amides is 1. The zero-order valence-corrected chi connectivity index (χ0v) is 14.6. The number of carbonyl (C=O) groups is 1. The second-order valence-electron chi connectivity index (χ2n) is 6.65. The molecule has 2 aliphatic heterocycles. The lowest BCUT2D eigenvalue weighted by Crippen LogP contribution is -2.46. The minimum atomic E-state index is -0.262. The van der Waals surface area contributed by atoms with E-state index in [1.54, 1.807) is 24.3 Å². The largest absolute Gasteiger partial charge is 0.388 e. The van der Waals surface area contributed by atoms with E-state index in [9.17, 15) is 4.79 Å². The van der Waals surface area contributed by atoms with Gasteiger partial charge in [-0.25, -0.2) is 0 Å². The number of rotatable bonds is 2. The fourth-order valence-electron chi connectivity index (χ4n) is 3.47. The summed E-state index contributed by atoms with van der Waals surface area (Å²) in [6.07, 6.45) is 2.40. The third-order valence-electron chi connectivity index (χ3n) is 5.00. The maximum atomic E-state index is 12.6. The van der Waals surface area contributed by atoms with Crippen molar-refractivity contribution in [2.75, 3.05) is 13.1 Å². The summed E-state index contributed by atoms with van der Waals surface area (Å²) in [7, 11) is 0. The van der Waals surface area contributed by atoms with Crippen molar-refractivity contribution in [1.29, 1.82) is 0 Å². The molecule has 2 aliphatic rings. The molecule has 4 nitrogen and oxygen atoms in total. The molecule has 0 aliphatic carbocycles. The molecule has 0 radical (unpaired) electrons. The Kier molecular flexibility index (Phi) is 4.22. The number of halogens is 1. The minimum absolute atomic E-state index is 0.0497. The molecule has 0 unspecified atom stereocenters. The van der Waals surface area contributed by atoms with Crippen LogP contribution in [-0.2, 0) is 4.84 Å². The van der Waals surface area contributed by atoms with Crippen LogP contribution < -0.4 is 0 Å². The third-order valence-corrected chi connectivity index (χ3v) is 5.25. The van der Waals surface area contributed by atoms with E-state index in [1.807, 2.05) is 23.1 Å². The predicted molar refractivity (Wildman–Crippen MR) is 98.0 cm³/mol. The molecule has 0 N–H and O–H groups in total. The first-order valence-corrected chi connectivity index (χ1v) is 8.88. The molecule has 2 aromatic rings. The van der Waals surface area contributed by atoms with Crippen molar-refractivity contribution in [3.63, 3.8) is 0 Å². The fourth-order valence-corrected chi connectivity index (χ4v) is 3.59. The average molecular weight is 355 g/mol. The van der Waals surface area contributed by atoms with Crippen LogP contribution in [0.15, 0.2) is 59.8 Å². The number of nitrogens with zero attached hydrogens (tertiary/aromatic N) is 2. The van der Waals surface area contributed by atoms with E-state index < -0.39 is 0 Å². The number of hydrogen-bond acceptors (Lipinski definition) is 3. The van der Waals surface area contributed by atoms with E-state index >= 15 is 0 Å². The molecule has 4 rings (SSSR count). The van der Waals surface area contributed by atoms with Gasteiger partial charge in [0.2, 0.25) is 0 Å². The van der Waals surface area contributed by atoms with Crippen molar-refractivity contribution in [1.82, 2.24) is 4.90 Å². The van der Waals surface area contributed by atoms with Crippen molar-refractivity contribution in [3.8, 4) is 0 Å². The Bertz CT molecular complexity index is 794. The monoisotopic (exact) mass is 354 g/mol. The van der Waals surface area contributed by atoms with E-state index in [0.717, 1.165) is 30.5 Å². The van der Waals surface area contributed by atoms with Gasteiger partial charge in [0.25, 0.3) is 5.91 Å². The normalized spacial score (nSPS) is 18.8. The first-order valence-electron chi connectivity index (χ1n) is 8.51. The summed E-state index contributed by atoms with van der Waals surface area (Å²) in [4.78, 5) is 20.3. The number of carbonyl (C=O) groups excluding carboxylic acids is 1. The van der Waals surface area contributed by atoms with Crippen LogP contribution in [0.2, 0.25) is 5.02 Å². The summed E-state index contributed by atoms with van der Waals surface area (Å²) in [5.74, 6) is 0.0497. The number of hydrogen-bond donors (Lipinski definition) is 0. The zero-order valence-electron chi connectivity index (χ0n) is 13.8. The van der Waals surface area contributed by atoms with Gasteiger partial charge in [0.05, 0.1) is 5.71 Å². The van der Waals surface area contributed by atoms with Crippen LogP contribution in [0.4, 0.5) is 0 Å². The molecule has 0 bridgehead atoms. The topological polar surface area (TPSA) is 41.9 Å². The molecule has 0 aromatic heterocycles. The van der Waals surface area contributed by atoms with Gasteiger partial charge in [-0.3, -0.25) is 4.79 Å². The summed E-state index contributed by atoms with van der Waals surface area (Å²) in [6.45, 7) is 1.36. The summed E-state index contributed by atoms with van der Waals surface area (Å²) in [6, 6.07) is 17.2. The number of piperidine rings is 1. The summed E-state index contributed by atoms with van der Waals surface area (Å²) < 4.78 is 0. The Morgan fingerprint density at radius 1 is 1.04 bits per heavy atom. The van der Waals surface area contributed by atoms with Crippen LogP contribution in [0.5, 0.6) is 0 Å². The van der Waals surface area contributed by atoms with Crippen LogP contribution in [-0.4, -0.2) is 35.2 Å². The number of likely N-dealkylation sites (tertiary alicyclic amines) is 1. The van der Waals surface area contributed by atoms with Crippen LogP contribution in [0, 0.1) is 0 Å². The lowest BCUT2D eigenvalue weighted by Gasteiger charge is -2.37. The minimum Gasteiger partial charge on any atom is -0.388 e. The quantitative estimate of drug-likeness (QED) is 0.813. The molecule has 0 atom stereocenters. The molecule has 1 saturated heterocycles. The highest BCUT2D eigenvalue weighted by molar-refractivity contribution is 6.30. The van der Waals surface area contributed by atoms with Crippen LogP contribution in [0.1, 0.15) is 35.2 Å². The lowest BCUT2D eigenvalue weighted by molar-refractivity contribution is -0.0568. The van der Waals surface area contributed by atoms with E-state index in [0.29, 0.717) is 23.7 Å². The second-order valence-corrected chi connectivity index (χ2v) is 7.09. The summed E-state index contributed by atoms with van der Waals surface area (Å²) >= 11 is 5.89. The van der Waals surface area contributed by atoms with E-state index in [2.05, 4.69) is 17.3 Å². The Balaban J connectivity index is 1.39. The molecule has 5 heteroatoms. The Morgan fingerprint density at radius 2 is 1.72 bits per heavy atom. The first kappa shape index (κ1) is 16.2. The standard InChI is InChI=1S/C20H19ClN2O2/c21-17-8-6-16(7-9-17)19(24)23-12-10-20(11-13-23)14-18(22-25-20)15-4-2-1-3-5-15/h1-9H,10-14H2. The number of benzene rings is 2. The van der Waals surface area contributed by atoms with Gasteiger partial charge in [0.15, 0.2) is 0 Å². The van der Waals surface area contributed by atoms with E-state index in [1.165, 1.54) is 0 Å². The van der Waals surface area contributed by atoms with Gasteiger partial charge in [-0.15, -0.1) is 0 Å². The Hall–Kier alpha value is -2.33. The molecular formula is C20H19ClN2O2. The third kappa shape index (κ3) is 3.27. The molecule has 25 heavy (non-hydrogen) atoms. The highest BCUT2D eigenvalue weighted by atomic mass is 35.5. The highest BCUT2D eigenvalue weighted by Crippen LogP contribution is 2.36. The molecule has 1 spiro atoms. The van der Waals surface area contributed by atoms with Crippen LogP contribution in [0.25, 0.3) is 0 Å². The molecule has 128 valence electrons. The van der Waals surface area contributed by atoms with E-state index in [4.69, 9.17) is 16.4 Å². The molecule has 2 aromatic carbocycles. The summed E-state index contributed by atoms with van der Waals surface area (Å²) in [5.41, 5.74) is 2.52. The highest BCUT2D eigenvalue weighted by Gasteiger charge is 2.43. The average Bonchev–Trinajstić information content (AvgIpc) is 3.07. The van der Waals surface area contributed by atoms with Crippen molar-refractivity contribution in [2.24, 2.45) is 5.16 Å². The first-order chi connectivity index (χ1) is 12.2. The second kappa shape index (κ2) is 6.52. The van der Waals surface area contributed by atoms with Gasteiger partial charge in [-0.1, -0.05) is 47.1 Å². The smallest absolute Gasteiger partial charge is 0.253 e. The maximum Gasteiger partial charge on any atom is 0.253 e. The Morgan fingerprint density at radius 3 is 2.40 bits per heavy atom. The molecular weight excluding hydrogens is 336 g/mol. The van der Waals surface area contributed by atoms with Crippen LogP contribution >= 0.6 is 11.6 Å².